The zero-order valence-corrected chi connectivity index (χ0v) is 33.1. The number of ether oxygens (including phenoxy) is 6. The van der Waals surface area contributed by atoms with Crippen LogP contribution in [0.4, 0.5) is 0 Å². The van der Waals surface area contributed by atoms with Gasteiger partial charge in [-0.05, 0) is 69.2 Å². The molecule has 2 aromatic carbocycles. The van der Waals surface area contributed by atoms with Crippen LogP contribution in [0.2, 0.25) is 0 Å². The van der Waals surface area contributed by atoms with Gasteiger partial charge in [0.1, 0.15) is 23.7 Å². The highest BCUT2D eigenvalue weighted by Gasteiger charge is 2.50. The molecule has 6 fully saturated rings. The van der Waals surface area contributed by atoms with Crippen molar-refractivity contribution in [3.8, 4) is 11.5 Å². The van der Waals surface area contributed by atoms with Crippen LogP contribution < -0.4 is 20.1 Å². The van der Waals surface area contributed by atoms with E-state index < -0.39 is 0 Å². The number of hydrogen-bond acceptors (Lipinski definition) is 10. The lowest BCUT2D eigenvalue weighted by Crippen LogP contribution is -2.44. The van der Waals surface area contributed by atoms with E-state index in [0.29, 0.717) is 62.9 Å². The summed E-state index contributed by atoms with van der Waals surface area (Å²) in [6, 6.07) is 14.5. The molecule has 6 aliphatic rings. The molecule has 12 heteroatoms. The third-order valence-corrected chi connectivity index (χ3v) is 11.6. The first-order valence-electron chi connectivity index (χ1n) is 20.7. The van der Waals surface area contributed by atoms with E-state index in [1.54, 1.807) is 0 Å². The molecule has 0 spiro atoms. The number of hydrogen-bond donors (Lipinski definition) is 2. The minimum atomic E-state index is -0.152. The van der Waals surface area contributed by atoms with E-state index in [1.807, 2.05) is 55.5 Å². The van der Waals surface area contributed by atoms with Crippen LogP contribution >= 0.6 is 0 Å². The highest BCUT2D eigenvalue weighted by Crippen LogP contribution is 2.37. The van der Waals surface area contributed by atoms with Gasteiger partial charge in [-0.25, -0.2) is 0 Å². The Bertz CT molecular complexity index is 1710. The number of carbonyl (C=O) groups excluding carboxylic acids is 4. The van der Waals surface area contributed by atoms with E-state index in [0.717, 1.165) is 43.6 Å². The Morgan fingerprint density at radius 2 is 1.12 bits per heavy atom. The lowest BCUT2D eigenvalue weighted by Gasteiger charge is -2.18. The normalized spacial score (nSPS) is 29.4. The number of Topliss-reactive ketones (excluding diaryl/α,β-unsaturated/α-hetero) is 2. The largest absolute Gasteiger partial charge is 0.493 e. The van der Waals surface area contributed by atoms with Gasteiger partial charge in [-0.3, -0.25) is 19.2 Å². The molecular weight excluding hydrogens is 716 g/mol. The first-order chi connectivity index (χ1) is 27.1. The molecular formula is C44H58N2O10. The summed E-state index contributed by atoms with van der Waals surface area (Å²) in [5.41, 5.74) is 1.31. The van der Waals surface area contributed by atoms with Crippen molar-refractivity contribution in [2.45, 2.75) is 115 Å². The molecule has 4 heterocycles. The highest BCUT2D eigenvalue weighted by molar-refractivity contribution is 5.97. The second kappa shape index (κ2) is 18.2. The number of rotatable bonds is 16. The first-order valence-corrected chi connectivity index (χ1v) is 20.7. The number of amides is 2. The standard InChI is InChI=1S/2C22H29NO5/c1-13(2)10-26-17-5-3-4-15(8-17)19(24)9-16-11-27-21-18(12-28-20(16)21)23-22(25)14-6-7-14;1-3-13(2)28-17-6-4-5-15(9-17)19(24)10-16-11-26-21-18(12-27-20(16)21)23-22(25)14-7-8-14/h3-5,8,13-14,16,18,20-21H,6-7,9-12H2,1-2H3,(H,23,25);4-6,9,13-14,16,18,20-21H,3,7-8,10-12H2,1-2H3,(H,23,25). The SMILES string of the molecule is CC(C)COc1cccc(C(=O)CC2COC3C(NC(=O)C4CC4)COC23)c1.CCC(C)Oc1cccc(C(=O)CC2COC3C(NC(=O)C4CC4)COC23)c1. The number of carbonyl (C=O) groups is 4. The van der Waals surface area contributed by atoms with Gasteiger partial charge in [0.05, 0.1) is 63.4 Å². The quantitative estimate of drug-likeness (QED) is 0.214. The molecule has 2 aliphatic carbocycles. The molecule has 2 saturated carbocycles. The third-order valence-electron chi connectivity index (χ3n) is 11.6. The predicted molar refractivity (Wildman–Crippen MR) is 207 cm³/mol. The van der Waals surface area contributed by atoms with Crippen LogP contribution in [0.25, 0.3) is 0 Å². The maximum Gasteiger partial charge on any atom is 0.223 e. The summed E-state index contributed by atoms with van der Waals surface area (Å²) in [4.78, 5) is 49.7. The van der Waals surface area contributed by atoms with Gasteiger partial charge in [-0.2, -0.15) is 0 Å². The van der Waals surface area contributed by atoms with Gasteiger partial charge < -0.3 is 39.1 Å². The minimum absolute atomic E-state index is 0.0134. The summed E-state index contributed by atoms with van der Waals surface area (Å²) in [5.74, 6) is 2.59. The Morgan fingerprint density at radius 1 is 0.661 bits per heavy atom. The Morgan fingerprint density at radius 3 is 1.59 bits per heavy atom. The average molecular weight is 775 g/mol. The maximum absolute atomic E-state index is 12.8. The van der Waals surface area contributed by atoms with Crippen LogP contribution in [0.15, 0.2) is 48.5 Å². The molecule has 4 saturated heterocycles. The molecule has 0 radical (unpaired) electrons. The fourth-order valence-electron chi connectivity index (χ4n) is 7.84. The van der Waals surface area contributed by atoms with Crippen LogP contribution in [-0.4, -0.2) is 99.0 Å². The molecule has 4 aliphatic heterocycles. The number of ketones is 2. The van der Waals surface area contributed by atoms with Crippen LogP contribution in [-0.2, 0) is 28.5 Å². The molecule has 9 atom stereocenters. The molecule has 56 heavy (non-hydrogen) atoms. The highest BCUT2D eigenvalue weighted by atomic mass is 16.6. The topological polar surface area (TPSA) is 148 Å². The zero-order valence-electron chi connectivity index (χ0n) is 33.1. The third kappa shape index (κ3) is 10.2. The summed E-state index contributed by atoms with van der Waals surface area (Å²) in [5, 5.41) is 6.12. The van der Waals surface area contributed by atoms with Gasteiger partial charge in [0.15, 0.2) is 11.6 Å². The summed E-state index contributed by atoms with van der Waals surface area (Å²) in [6.45, 7) is 10.8. The molecule has 304 valence electrons. The maximum atomic E-state index is 12.8. The molecule has 8 rings (SSSR count). The molecule has 12 nitrogen and oxygen atoms in total. The predicted octanol–water partition coefficient (Wildman–Crippen LogP) is 5.35. The lowest BCUT2D eigenvalue weighted by atomic mass is 9.92. The van der Waals surface area contributed by atoms with E-state index in [2.05, 4.69) is 31.4 Å². The van der Waals surface area contributed by atoms with Crippen molar-refractivity contribution in [3.05, 3.63) is 59.7 Å². The van der Waals surface area contributed by atoms with Gasteiger partial charge in [-0.1, -0.05) is 45.0 Å². The number of benzene rings is 2. The average Bonchev–Trinajstić information content (AvgIpc) is 4.08. The fraction of sp³-hybridized carbons (Fsp3) is 0.636. The summed E-state index contributed by atoms with van der Waals surface area (Å²) < 4.78 is 35.2. The zero-order chi connectivity index (χ0) is 39.3. The summed E-state index contributed by atoms with van der Waals surface area (Å²) in [7, 11) is 0. The summed E-state index contributed by atoms with van der Waals surface area (Å²) >= 11 is 0. The fourth-order valence-corrected chi connectivity index (χ4v) is 7.84. The summed E-state index contributed by atoms with van der Waals surface area (Å²) in [6.07, 6.45) is 5.12. The smallest absolute Gasteiger partial charge is 0.223 e. The second-order valence-electron chi connectivity index (χ2n) is 16.8. The van der Waals surface area contributed by atoms with Crippen molar-refractivity contribution in [3.63, 3.8) is 0 Å². The van der Waals surface area contributed by atoms with Gasteiger partial charge in [0.2, 0.25) is 11.8 Å². The van der Waals surface area contributed by atoms with Crippen LogP contribution in [0.5, 0.6) is 11.5 Å². The minimum Gasteiger partial charge on any atom is -0.493 e. The van der Waals surface area contributed by atoms with Crippen molar-refractivity contribution in [1.29, 1.82) is 0 Å². The van der Waals surface area contributed by atoms with E-state index in [4.69, 9.17) is 28.4 Å². The van der Waals surface area contributed by atoms with Crippen LogP contribution in [0.3, 0.4) is 0 Å². The van der Waals surface area contributed by atoms with Crippen LogP contribution in [0, 0.1) is 29.6 Å². The molecule has 2 N–H and O–H groups in total. The second-order valence-corrected chi connectivity index (χ2v) is 16.8. The van der Waals surface area contributed by atoms with Gasteiger partial charge >= 0.3 is 0 Å². The van der Waals surface area contributed by atoms with E-state index in [-0.39, 0.29) is 89.7 Å². The Balaban J connectivity index is 0.000000172. The Hall–Kier alpha value is -3.84. The van der Waals surface area contributed by atoms with Crippen LogP contribution in [0.1, 0.15) is 93.4 Å². The molecule has 2 amide bonds. The van der Waals surface area contributed by atoms with Gasteiger partial charge in [0, 0.05) is 47.6 Å². The van der Waals surface area contributed by atoms with Crippen molar-refractivity contribution in [1.82, 2.24) is 10.6 Å². The monoisotopic (exact) mass is 774 g/mol. The van der Waals surface area contributed by atoms with Crippen molar-refractivity contribution >= 4 is 23.4 Å². The lowest BCUT2D eigenvalue weighted by molar-refractivity contribution is -0.124. The molecule has 0 aromatic heterocycles. The molecule has 2 aromatic rings. The van der Waals surface area contributed by atoms with Crippen molar-refractivity contribution in [2.75, 3.05) is 33.0 Å². The Kier molecular flexibility index (Phi) is 13.1. The van der Waals surface area contributed by atoms with E-state index >= 15 is 0 Å². The van der Waals surface area contributed by atoms with Gasteiger partial charge in [0.25, 0.3) is 0 Å². The Labute approximate surface area is 330 Å². The number of nitrogens with one attached hydrogen (secondary N) is 2. The van der Waals surface area contributed by atoms with Crippen molar-refractivity contribution in [2.24, 2.45) is 29.6 Å². The van der Waals surface area contributed by atoms with Gasteiger partial charge in [-0.15, -0.1) is 0 Å². The van der Waals surface area contributed by atoms with Crippen molar-refractivity contribution < 1.29 is 47.6 Å². The molecule has 9 unspecified atom stereocenters. The molecule has 0 bridgehead atoms. The van der Waals surface area contributed by atoms with E-state index in [1.165, 1.54) is 0 Å². The first kappa shape index (κ1) is 40.4. The van der Waals surface area contributed by atoms with E-state index in [9.17, 15) is 19.2 Å². The number of fused-ring (bicyclic) bond motifs is 2.